The Morgan fingerprint density at radius 2 is 2.50 bits per heavy atom. The van der Waals surface area contributed by atoms with Crippen LogP contribution >= 0.6 is 0 Å². The number of nitrogens with zero attached hydrogens (tertiary/aromatic N) is 1. The van der Waals surface area contributed by atoms with E-state index in [4.69, 9.17) is 0 Å². The minimum absolute atomic E-state index is 0.501. The Morgan fingerprint density at radius 1 is 1.88 bits per heavy atom. The molecule has 0 aromatic heterocycles. The van der Waals surface area contributed by atoms with E-state index in [0.717, 1.165) is 6.42 Å². The summed E-state index contributed by atoms with van der Waals surface area (Å²) < 4.78 is 0. The summed E-state index contributed by atoms with van der Waals surface area (Å²) in [7, 11) is 0. The van der Waals surface area contributed by atoms with Crippen molar-refractivity contribution in [2.24, 2.45) is 0 Å². The van der Waals surface area contributed by atoms with E-state index < -0.39 is 5.09 Å². The third-order valence-electron chi connectivity index (χ3n) is 0.491. The average molecular weight is 120 g/mol. The van der Waals surface area contributed by atoms with Crippen LogP contribution in [-0.2, 0) is 4.94 Å². The number of hydrogen-bond donors (Lipinski definition) is 1. The van der Waals surface area contributed by atoms with E-state index >= 15 is 0 Å². The van der Waals surface area contributed by atoms with E-state index in [1.807, 2.05) is 6.92 Å². The first-order valence-corrected chi connectivity index (χ1v) is 2.31. The molecular weight excluding hydrogens is 112 g/mol. The maximum Gasteiger partial charge on any atom is 0.311 e. The lowest BCUT2D eigenvalue weighted by atomic mass is 10.5. The van der Waals surface area contributed by atoms with Crippen molar-refractivity contribution < 1.29 is 10.0 Å². The lowest BCUT2D eigenvalue weighted by Crippen LogP contribution is -2.19. The van der Waals surface area contributed by atoms with E-state index in [2.05, 4.69) is 10.4 Å². The Bertz CT molecular complexity index is 74.9. The van der Waals surface area contributed by atoms with Crippen molar-refractivity contribution in [1.82, 2.24) is 5.48 Å². The maximum absolute atomic E-state index is 9.39. The van der Waals surface area contributed by atoms with Crippen LogP contribution in [0.1, 0.15) is 13.3 Å². The Kier molecular flexibility index (Phi) is 3.87. The fourth-order valence-corrected chi connectivity index (χ4v) is 0.200. The van der Waals surface area contributed by atoms with Gasteiger partial charge in [-0.15, -0.1) is 10.1 Å². The highest BCUT2D eigenvalue weighted by molar-refractivity contribution is 4.23. The second-order valence-corrected chi connectivity index (χ2v) is 1.21. The normalized spacial score (nSPS) is 8.62. The first kappa shape index (κ1) is 7.16. The van der Waals surface area contributed by atoms with Crippen LogP contribution in [-0.4, -0.2) is 11.6 Å². The van der Waals surface area contributed by atoms with Gasteiger partial charge in [-0.05, 0) is 6.42 Å². The van der Waals surface area contributed by atoms with Crippen molar-refractivity contribution in [3.8, 4) is 0 Å². The van der Waals surface area contributed by atoms with E-state index in [-0.39, 0.29) is 0 Å². The van der Waals surface area contributed by atoms with Crippen LogP contribution in [0.2, 0.25) is 0 Å². The summed E-state index contributed by atoms with van der Waals surface area (Å²) in [6.07, 6.45) is 0.813. The molecule has 0 bridgehead atoms. The van der Waals surface area contributed by atoms with E-state index in [1.165, 1.54) is 0 Å². The van der Waals surface area contributed by atoms with Gasteiger partial charge in [0, 0.05) is 6.54 Å². The van der Waals surface area contributed by atoms with Gasteiger partial charge in [0.15, 0.2) is 0 Å². The highest BCUT2D eigenvalue weighted by atomic mass is 17.0. The molecule has 0 aliphatic rings. The number of nitrogens with one attached hydrogen (secondary N) is 1. The topological polar surface area (TPSA) is 64.4 Å². The second-order valence-electron chi connectivity index (χ2n) is 1.21. The molecule has 0 saturated carbocycles. The highest BCUT2D eigenvalue weighted by Gasteiger charge is 1.88. The minimum atomic E-state index is -0.879. The summed E-state index contributed by atoms with van der Waals surface area (Å²) in [6.45, 7) is 2.39. The maximum atomic E-state index is 9.39. The zero-order valence-corrected chi connectivity index (χ0v) is 4.59. The standard InChI is InChI=1S/C3H8N2O3/c1-2-3-4-8-5(6)7/h4H,2-3H2,1H3. The van der Waals surface area contributed by atoms with Gasteiger partial charge in [-0.25, -0.2) is 4.94 Å². The molecule has 0 aromatic rings. The van der Waals surface area contributed by atoms with E-state index in [9.17, 15) is 10.1 Å². The summed E-state index contributed by atoms with van der Waals surface area (Å²) in [5.41, 5.74) is 2.14. The molecule has 5 nitrogen and oxygen atoms in total. The molecule has 0 saturated heterocycles. The van der Waals surface area contributed by atoms with Gasteiger partial charge in [0.2, 0.25) is 0 Å². The molecule has 0 aliphatic carbocycles. The Morgan fingerprint density at radius 3 is 2.88 bits per heavy atom. The fraction of sp³-hybridized carbons (Fsp3) is 1.00. The van der Waals surface area contributed by atoms with E-state index in [0.29, 0.717) is 6.54 Å². The Labute approximate surface area is 46.7 Å². The van der Waals surface area contributed by atoms with Crippen LogP contribution in [0.5, 0.6) is 0 Å². The number of rotatable bonds is 4. The lowest BCUT2D eigenvalue weighted by Gasteiger charge is -1.94. The van der Waals surface area contributed by atoms with E-state index in [1.54, 1.807) is 0 Å². The van der Waals surface area contributed by atoms with Crippen LogP contribution in [0.3, 0.4) is 0 Å². The van der Waals surface area contributed by atoms with Gasteiger partial charge in [0.05, 0.1) is 0 Å². The molecule has 5 heteroatoms. The molecule has 0 atom stereocenters. The molecule has 0 fully saturated rings. The Hall–Kier alpha value is -0.840. The van der Waals surface area contributed by atoms with Crippen LogP contribution in [0.15, 0.2) is 0 Å². The minimum Gasteiger partial charge on any atom is -0.220 e. The molecule has 8 heavy (non-hydrogen) atoms. The summed E-state index contributed by atoms with van der Waals surface area (Å²) in [5, 5.41) is 8.52. The lowest BCUT2D eigenvalue weighted by molar-refractivity contribution is -0.776. The quantitative estimate of drug-likeness (QED) is 0.325. The molecule has 0 aliphatic heterocycles. The predicted molar refractivity (Wildman–Crippen MR) is 26.4 cm³/mol. The van der Waals surface area contributed by atoms with Gasteiger partial charge in [-0.3, -0.25) is 0 Å². The van der Waals surface area contributed by atoms with Gasteiger partial charge >= 0.3 is 5.09 Å². The molecule has 0 heterocycles. The van der Waals surface area contributed by atoms with Crippen molar-refractivity contribution in [2.45, 2.75) is 13.3 Å². The van der Waals surface area contributed by atoms with Crippen molar-refractivity contribution in [1.29, 1.82) is 0 Å². The van der Waals surface area contributed by atoms with Crippen LogP contribution in [0, 0.1) is 10.1 Å². The van der Waals surface area contributed by atoms with Gasteiger partial charge in [-0.1, -0.05) is 6.92 Å². The fourth-order valence-electron chi connectivity index (χ4n) is 0.200. The first-order valence-electron chi connectivity index (χ1n) is 2.31. The molecule has 0 rings (SSSR count). The summed E-state index contributed by atoms with van der Waals surface area (Å²) in [5.74, 6) is 0. The summed E-state index contributed by atoms with van der Waals surface area (Å²) >= 11 is 0. The van der Waals surface area contributed by atoms with Gasteiger partial charge < -0.3 is 0 Å². The summed E-state index contributed by atoms with van der Waals surface area (Å²) in [4.78, 5) is 13.1. The van der Waals surface area contributed by atoms with Crippen molar-refractivity contribution in [2.75, 3.05) is 6.54 Å². The van der Waals surface area contributed by atoms with Gasteiger partial charge in [-0.2, -0.15) is 5.48 Å². The molecule has 0 spiro atoms. The van der Waals surface area contributed by atoms with Crippen molar-refractivity contribution in [3.05, 3.63) is 10.1 Å². The predicted octanol–water partition coefficient (Wildman–Crippen LogP) is 0.109. The monoisotopic (exact) mass is 120 g/mol. The Balaban J connectivity index is 2.82. The largest absolute Gasteiger partial charge is 0.311 e. The smallest absolute Gasteiger partial charge is 0.220 e. The molecule has 0 unspecified atom stereocenters. The third kappa shape index (κ3) is 5.16. The van der Waals surface area contributed by atoms with Gasteiger partial charge in [0.1, 0.15) is 0 Å². The van der Waals surface area contributed by atoms with Crippen LogP contribution in [0.4, 0.5) is 0 Å². The third-order valence-corrected chi connectivity index (χ3v) is 0.491. The SMILES string of the molecule is CCCNO[N+](=O)[O-]. The summed E-state index contributed by atoms with van der Waals surface area (Å²) in [6, 6.07) is 0. The van der Waals surface area contributed by atoms with Crippen LogP contribution in [0.25, 0.3) is 0 Å². The molecule has 0 aromatic carbocycles. The molecule has 1 N–H and O–H groups in total. The molecule has 0 radical (unpaired) electrons. The number of hydrogen-bond acceptors (Lipinski definition) is 4. The zero-order valence-electron chi connectivity index (χ0n) is 4.59. The van der Waals surface area contributed by atoms with Crippen molar-refractivity contribution >= 4 is 0 Å². The highest BCUT2D eigenvalue weighted by Crippen LogP contribution is 1.70. The van der Waals surface area contributed by atoms with Crippen LogP contribution < -0.4 is 5.48 Å². The van der Waals surface area contributed by atoms with Crippen molar-refractivity contribution in [3.63, 3.8) is 0 Å². The van der Waals surface area contributed by atoms with Gasteiger partial charge in [0.25, 0.3) is 0 Å². The molecule has 48 valence electrons. The number of hydroxylamine groups is 1. The molecular formula is C3H8N2O3. The average Bonchev–Trinajstić information content (AvgIpc) is 1.66. The molecule has 0 amide bonds. The first-order chi connectivity index (χ1) is 3.77. The second kappa shape index (κ2) is 4.32. The zero-order chi connectivity index (χ0) is 6.41.